The van der Waals surface area contributed by atoms with E-state index in [4.69, 9.17) is 4.74 Å². The zero-order chi connectivity index (χ0) is 12.1. The van der Waals surface area contributed by atoms with Crippen molar-refractivity contribution in [2.75, 3.05) is 7.11 Å². The van der Waals surface area contributed by atoms with E-state index in [0.29, 0.717) is 12.3 Å². The zero-order valence-corrected chi connectivity index (χ0v) is 10.5. The molecule has 0 amide bonds. The van der Waals surface area contributed by atoms with Crippen LogP contribution in [0.5, 0.6) is 5.75 Å². The van der Waals surface area contributed by atoms with Crippen LogP contribution in [0.1, 0.15) is 42.9 Å². The van der Waals surface area contributed by atoms with Gasteiger partial charge in [0, 0.05) is 12.0 Å². The van der Waals surface area contributed by atoms with Crippen LogP contribution in [0.3, 0.4) is 0 Å². The largest absolute Gasteiger partial charge is 0.496 e. The van der Waals surface area contributed by atoms with E-state index in [1.807, 2.05) is 6.92 Å². The van der Waals surface area contributed by atoms with Gasteiger partial charge in [-0.1, -0.05) is 26.0 Å². The summed E-state index contributed by atoms with van der Waals surface area (Å²) >= 11 is 0. The number of carbonyl (C=O) groups is 1. The fraction of sp³-hybridized carbons (Fsp3) is 0.500. The van der Waals surface area contributed by atoms with Gasteiger partial charge < -0.3 is 9.53 Å². The van der Waals surface area contributed by atoms with Crippen LogP contribution in [-0.4, -0.2) is 13.4 Å². The molecule has 0 aliphatic heterocycles. The third-order valence-electron chi connectivity index (χ3n) is 2.80. The molecule has 16 heavy (non-hydrogen) atoms. The van der Waals surface area contributed by atoms with Crippen molar-refractivity contribution < 1.29 is 9.53 Å². The van der Waals surface area contributed by atoms with Crippen LogP contribution in [0.25, 0.3) is 0 Å². The van der Waals surface area contributed by atoms with Crippen LogP contribution in [0.4, 0.5) is 0 Å². The number of rotatable bonds is 5. The van der Waals surface area contributed by atoms with Crippen molar-refractivity contribution in [1.29, 1.82) is 0 Å². The molecule has 0 atom stereocenters. The second-order valence-corrected chi connectivity index (χ2v) is 4.35. The highest BCUT2D eigenvalue weighted by atomic mass is 16.5. The van der Waals surface area contributed by atoms with E-state index >= 15 is 0 Å². The second kappa shape index (κ2) is 5.69. The van der Waals surface area contributed by atoms with Crippen molar-refractivity contribution in [3.05, 3.63) is 28.8 Å². The number of ether oxygens (including phenoxy) is 1. The SMILES string of the molecule is COc1c(C)ccc(CCC=O)c1C(C)C. The average molecular weight is 220 g/mol. The van der Waals surface area contributed by atoms with Crippen LogP contribution in [0, 0.1) is 6.92 Å². The summed E-state index contributed by atoms with van der Waals surface area (Å²) in [5.74, 6) is 1.38. The molecule has 1 aromatic rings. The van der Waals surface area contributed by atoms with E-state index < -0.39 is 0 Å². The molecular formula is C14H20O2. The number of aryl methyl sites for hydroxylation is 2. The third-order valence-corrected chi connectivity index (χ3v) is 2.80. The van der Waals surface area contributed by atoms with Gasteiger partial charge in [0.2, 0.25) is 0 Å². The number of benzene rings is 1. The standard InChI is InChI=1S/C14H20O2/c1-10(2)13-12(6-5-9-15)8-7-11(3)14(13)16-4/h7-10H,5-6H2,1-4H3. The Balaban J connectivity index is 3.21. The Morgan fingerprint density at radius 3 is 2.56 bits per heavy atom. The summed E-state index contributed by atoms with van der Waals surface area (Å²) in [6.45, 7) is 6.36. The lowest BCUT2D eigenvalue weighted by molar-refractivity contribution is -0.107. The summed E-state index contributed by atoms with van der Waals surface area (Å²) in [5, 5.41) is 0. The Hall–Kier alpha value is -1.31. The van der Waals surface area contributed by atoms with Gasteiger partial charge in [-0.25, -0.2) is 0 Å². The smallest absolute Gasteiger partial charge is 0.125 e. The molecular weight excluding hydrogens is 200 g/mol. The average Bonchev–Trinajstić information content (AvgIpc) is 2.26. The van der Waals surface area contributed by atoms with Gasteiger partial charge in [-0.05, 0) is 30.4 Å². The predicted molar refractivity (Wildman–Crippen MR) is 66.2 cm³/mol. The first kappa shape index (κ1) is 12.8. The monoisotopic (exact) mass is 220 g/mol. The van der Waals surface area contributed by atoms with E-state index in [-0.39, 0.29) is 0 Å². The van der Waals surface area contributed by atoms with Crippen LogP contribution in [0.2, 0.25) is 0 Å². The maximum absolute atomic E-state index is 10.4. The molecule has 0 spiro atoms. The molecule has 0 N–H and O–H groups in total. The van der Waals surface area contributed by atoms with Gasteiger partial charge in [-0.3, -0.25) is 0 Å². The molecule has 0 radical (unpaired) electrons. The zero-order valence-electron chi connectivity index (χ0n) is 10.5. The topological polar surface area (TPSA) is 26.3 Å². The van der Waals surface area contributed by atoms with E-state index in [2.05, 4.69) is 26.0 Å². The summed E-state index contributed by atoms with van der Waals surface area (Å²) in [6, 6.07) is 4.17. The summed E-state index contributed by atoms with van der Waals surface area (Å²) in [4.78, 5) is 10.4. The van der Waals surface area contributed by atoms with Crippen molar-refractivity contribution in [2.45, 2.75) is 39.5 Å². The maximum Gasteiger partial charge on any atom is 0.125 e. The van der Waals surface area contributed by atoms with Gasteiger partial charge in [0.1, 0.15) is 12.0 Å². The van der Waals surface area contributed by atoms with Crippen molar-refractivity contribution in [3.63, 3.8) is 0 Å². The van der Waals surface area contributed by atoms with Crippen LogP contribution >= 0.6 is 0 Å². The quantitative estimate of drug-likeness (QED) is 0.712. The van der Waals surface area contributed by atoms with Gasteiger partial charge in [0.05, 0.1) is 7.11 Å². The summed E-state index contributed by atoms with van der Waals surface area (Å²) in [7, 11) is 1.71. The van der Waals surface area contributed by atoms with Crippen LogP contribution < -0.4 is 4.74 Å². The van der Waals surface area contributed by atoms with E-state index in [0.717, 1.165) is 24.0 Å². The molecule has 1 rings (SSSR count). The molecule has 0 bridgehead atoms. The summed E-state index contributed by atoms with van der Waals surface area (Å²) < 4.78 is 5.47. The molecule has 0 unspecified atom stereocenters. The molecule has 0 aromatic heterocycles. The lowest BCUT2D eigenvalue weighted by atomic mass is 9.91. The highest BCUT2D eigenvalue weighted by Gasteiger charge is 2.14. The first-order valence-corrected chi connectivity index (χ1v) is 5.71. The van der Waals surface area contributed by atoms with Gasteiger partial charge in [0.25, 0.3) is 0 Å². The Labute approximate surface area is 97.6 Å². The predicted octanol–water partition coefficient (Wildman–Crippen LogP) is 3.26. The third kappa shape index (κ3) is 2.63. The van der Waals surface area contributed by atoms with Crippen molar-refractivity contribution >= 4 is 6.29 Å². The molecule has 0 aliphatic rings. The summed E-state index contributed by atoms with van der Waals surface area (Å²) in [5.41, 5.74) is 3.62. The van der Waals surface area contributed by atoms with Crippen LogP contribution in [-0.2, 0) is 11.2 Å². The van der Waals surface area contributed by atoms with Gasteiger partial charge in [-0.15, -0.1) is 0 Å². The molecule has 2 nitrogen and oxygen atoms in total. The van der Waals surface area contributed by atoms with Crippen molar-refractivity contribution in [2.24, 2.45) is 0 Å². The Morgan fingerprint density at radius 1 is 1.38 bits per heavy atom. The first-order valence-electron chi connectivity index (χ1n) is 5.71. The first-order chi connectivity index (χ1) is 7.61. The Bertz CT molecular complexity index is 367. The fourth-order valence-electron chi connectivity index (χ4n) is 2.09. The second-order valence-electron chi connectivity index (χ2n) is 4.35. The minimum Gasteiger partial charge on any atom is -0.496 e. The number of hydrogen-bond donors (Lipinski definition) is 0. The highest BCUT2D eigenvalue weighted by Crippen LogP contribution is 2.33. The molecule has 88 valence electrons. The molecule has 0 saturated carbocycles. The molecule has 0 aliphatic carbocycles. The molecule has 0 heterocycles. The number of methoxy groups -OCH3 is 1. The molecule has 0 fully saturated rings. The summed E-state index contributed by atoms with van der Waals surface area (Å²) in [6.07, 6.45) is 2.34. The highest BCUT2D eigenvalue weighted by molar-refractivity contribution is 5.53. The van der Waals surface area contributed by atoms with Gasteiger partial charge >= 0.3 is 0 Å². The minimum atomic E-state index is 0.413. The van der Waals surface area contributed by atoms with E-state index in [1.54, 1.807) is 7.11 Å². The lowest BCUT2D eigenvalue weighted by Gasteiger charge is -2.18. The van der Waals surface area contributed by atoms with E-state index in [9.17, 15) is 4.79 Å². The van der Waals surface area contributed by atoms with Crippen LogP contribution in [0.15, 0.2) is 12.1 Å². The van der Waals surface area contributed by atoms with Crippen molar-refractivity contribution in [1.82, 2.24) is 0 Å². The molecule has 0 saturated heterocycles. The van der Waals surface area contributed by atoms with Crippen molar-refractivity contribution in [3.8, 4) is 5.75 Å². The normalized spacial score (nSPS) is 10.6. The van der Waals surface area contributed by atoms with Gasteiger partial charge in [-0.2, -0.15) is 0 Å². The van der Waals surface area contributed by atoms with Gasteiger partial charge in [0.15, 0.2) is 0 Å². The number of aldehydes is 1. The number of hydrogen-bond acceptors (Lipinski definition) is 2. The fourth-order valence-corrected chi connectivity index (χ4v) is 2.09. The lowest BCUT2D eigenvalue weighted by Crippen LogP contribution is -2.02. The Morgan fingerprint density at radius 2 is 2.06 bits per heavy atom. The minimum absolute atomic E-state index is 0.413. The molecule has 1 aromatic carbocycles. The molecule has 2 heteroatoms. The maximum atomic E-state index is 10.4. The van der Waals surface area contributed by atoms with E-state index in [1.165, 1.54) is 11.1 Å². The number of carbonyl (C=O) groups excluding carboxylic acids is 1. The Kier molecular flexibility index (Phi) is 4.53.